The number of hydrogen-bond acceptors (Lipinski definition) is 5. The Balaban J connectivity index is 2.29. The van der Waals surface area contributed by atoms with E-state index in [-0.39, 0.29) is 30.0 Å². The molecule has 8 nitrogen and oxygen atoms in total. The number of nitrogen functional groups attached to an aromatic ring is 1. The van der Waals surface area contributed by atoms with Crippen molar-refractivity contribution in [1.82, 2.24) is 14.9 Å². The van der Waals surface area contributed by atoms with Gasteiger partial charge in [0.2, 0.25) is 5.91 Å². The molecule has 0 aliphatic rings. The molecule has 0 bridgehead atoms. The third-order valence-electron chi connectivity index (χ3n) is 6.04. The summed E-state index contributed by atoms with van der Waals surface area (Å²) in [6.45, 7) is 11.1. The van der Waals surface area contributed by atoms with Crippen LogP contribution in [-0.2, 0) is 11.3 Å². The first kappa shape index (κ1) is 26.2. The molecule has 1 heterocycles. The molecule has 1 amide bonds. The summed E-state index contributed by atoms with van der Waals surface area (Å²) in [4.78, 5) is 42.1. The topological polar surface area (TPSA) is 113 Å². The lowest BCUT2D eigenvalue weighted by Gasteiger charge is -2.26. The van der Waals surface area contributed by atoms with Gasteiger partial charge in [0.05, 0.1) is 12.6 Å². The minimum Gasteiger partial charge on any atom is -0.383 e. The number of nitrogens with two attached hydrogens (primary N) is 1. The number of carbonyl (C=O) groups is 1. The van der Waals surface area contributed by atoms with Crippen molar-refractivity contribution < 1.29 is 4.79 Å². The average molecular weight is 458 g/mol. The Morgan fingerprint density at radius 1 is 1.12 bits per heavy atom. The molecule has 2 aromatic rings. The van der Waals surface area contributed by atoms with E-state index < -0.39 is 11.2 Å². The number of amides is 1. The third kappa shape index (κ3) is 6.97. The highest BCUT2D eigenvalue weighted by atomic mass is 16.2. The van der Waals surface area contributed by atoms with E-state index in [1.54, 1.807) is 4.90 Å². The van der Waals surface area contributed by atoms with Crippen LogP contribution in [0, 0.1) is 13.8 Å². The molecule has 182 valence electrons. The number of aromatic amines is 1. The molecule has 4 N–H and O–H groups in total. The van der Waals surface area contributed by atoms with Crippen LogP contribution in [0.5, 0.6) is 0 Å². The molecule has 2 rings (SSSR count). The number of aryl methyl sites for hydroxylation is 2. The normalized spacial score (nSPS) is 11.9. The van der Waals surface area contributed by atoms with Crippen LogP contribution in [-0.4, -0.2) is 28.5 Å². The lowest BCUT2D eigenvalue weighted by atomic mass is 10.0. The summed E-state index contributed by atoms with van der Waals surface area (Å²) in [6, 6.07) is 5.96. The van der Waals surface area contributed by atoms with Crippen molar-refractivity contribution in [1.29, 1.82) is 0 Å². The summed E-state index contributed by atoms with van der Waals surface area (Å²) < 4.78 is 1.39. The molecular weight excluding hydrogens is 418 g/mol. The molecule has 0 aliphatic carbocycles. The zero-order chi connectivity index (χ0) is 24.5. The van der Waals surface area contributed by atoms with Gasteiger partial charge in [-0.25, -0.2) is 4.79 Å². The van der Waals surface area contributed by atoms with Gasteiger partial charge in [-0.15, -0.1) is 0 Å². The molecule has 0 radical (unpaired) electrons. The Hall–Kier alpha value is -3.03. The lowest BCUT2D eigenvalue weighted by Crippen LogP contribution is -2.43. The van der Waals surface area contributed by atoms with E-state index >= 15 is 0 Å². The van der Waals surface area contributed by atoms with Crippen LogP contribution in [0.15, 0.2) is 27.8 Å². The number of unbranched alkanes of at least 4 members (excludes halogenated alkanes) is 3. The zero-order valence-corrected chi connectivity index (χ0v) is 20.7. The highest BCUT2D eigenvalue weighted by Gasteiger charge is 2.22. The second kappa shape index (κ2) is 12.3. The maximum absolute atomic E-state index is 13.0. The standard InChI is InChI=1S/C25H39N5O3/c1-6-8-10-13-29(22-23(26)30(14-9-7-2)25(33)28-24(22)32)16-21(31)27-19(5)20-12-11-17(3)18(4)15-20/h11-12,15,19H,6-10,13-14,16,26H2,1-5H3,(H,27,31)(H,28,32,33). The average Bonchev–Trinajstić information content (AvgIpc) is 2.75. The zero-order valence-electron chi connectivity index (χ0n) is 20.7. The van der Waals surface area contributed by atoms with Crippen molar-refractivity contribution in [2.75, 3.05) is 23.7 Å². The first-order chi connectivity index (χ1) is 15.7. The Morgan fingerprint density at radius 3 is 2.45 bits per heavy atom. The predicted octanol–water partition coefficient (Wildman–Crippen LogP) is 3.41. The van der Waals surface area contributed by atoms with Gasteiger partial charge in [-0.3, -0.25) is 19.1 Å². The summed E-state index contributed by atoms with van der Waals surface area (Å²) in [5, 5.41) is 3.03. The Kier molecular flexibility index (Phi) is 9.75. The van der Waals surface area contributed by atoms with Crippen molar-refractivity contribution in [3.63, 3.8) is 0 Å². The van der Waals surface area contributed by atoms with Crippen LogP contribution in [0.1, 0.15) is 75.6 Å². The second-order valence-electron chi connectivity index (χ2n) is 8.76. The van der Waals surface area contributed by atoms with Crippen LogP contribution in [0.4, 0.5) is 11.5 Å². The minimum atomic E-state index is -0.559. The summed E-state index contributed by atoms with van der Waals surface area (Å²) in [5.74, 6) is -0.0916. The number of hydrogen-bond donors (Lipinski definition) is 3. The van der Waals surface area contributed by atoms with Gasteiger partial charge in [-0.1, -0.05) is 51.3 Å². The molecule has 1 unspecified atom stereocenters. The van der Waals surface area contributed by atoms with Crippen molar-refractivity contribution in [3.05, 3.63) is 55.7 Å². The number of aromatic nitrogens is 2. The van der Waals surface area contributed by atoms with Gasteiger partial charge in [0.25, 0.3) is 5.56 Å². The number of nitrogens with one attached hydrogen (secondary N) is 2. The maximum Gasteiger partial charge on any atom is 0.330 e. The highest BCUT2D eigenvalue weighted by Crippen LogP contribution is 2.19. The third-order valence-corrected chi connectivity index (χ3v) is 6.04. The van der Waals surface area contributed by atoms with Gasteiger partial charge < -0.3 is 16.0 Å². The van der Waals surface area contributed by atoms with Crippen molar-refractivity contribution in [2.24, 2.45) is 0 Å². The van der Waals surface area contributed by atoms with E-state index in [1.165, 1.54) is 15.7 Å². The molecular formula is C25H39N5O3. The van der Waals surface area contributed by atoms with E-state index in [0.29, 0.717) is 13.1 Å². The number of carbonyl (C=O) groups excluding carboxylic acids is 1. The van der Waals surface area contributed by atoms with Gasteiger partial charge in [0.15, 0.2) is 0 Å². The molecule has 33 heavy (non-hydrogen) atoms. The first-order valence-corrected chi connectivity index (χ1v) is 11.9. The highest BCUT2D eigenvalue weighted by molar-refractivity contribution is 5.82. The monoisotopic (exact) mass is 457 g/mol. The summed E-state index contributed by atoms with van der Waals surface area (Å²) in [6.07, 6.45) is 4.43. The summed E-state index contributed by atoms with van der Waals surface area (Å²) >= 11 is 0. The minimum absolute atomic E-state index is 0.0157. The molecule has 0 saturated heterocycles. The van der Waals surface area contributed by atoms with Gasteiger partial charge in [0.1, 0.15) is 11.5 Å². The van der Waals surface area contributed by atoms with E-state index in [2.05, 4.69) is 30.2 Å². The van der Waals surface area contributed by atoms with Gasteiger partial charge in [-0.2, -0.15) is 0 Å². The van der Waals surface area contributed by atoms with E-state index in [0.717, 1.165) is 37.7 Å². The van der Waals surface area contributed by atoms with E-state index in [9.17, 15) is 14.4 Å². The van der Waals surface area contributed by atoms with Gasteiger partial charge >= 0.3 is 5.69 Å². The molecule has 0 aliphatic heterocycles. The SMILES string of the molecule is CCCCCN(CC(=O)NC(C)c1ccc(C)c(C)c1)c1c(N)n(CCCC)c(=O)[nH]c1=O. The molecule has 0 spiro atoms. The lowest BCUT2D eigenvalue weighted by molar-refractivity contribution is -0.120. The van der Waals surface area contributed by atoms with E-state index in [1.807, 2.05) is 32.9 Å². The number of benzene rings is 1. The van der Waals surface area contributed by atoms with Crippen LogP contribution in [0.2, 0.25) is 0 Å². The van der Waals surface area contributed by atoms with E-state index in [4.69, 9.17) is 5.73 Å². The number of H-pyrrole nitrogens is 1. The number of nitrogens with zero attached hydrogens (tertiary/aromatic N) is 2. The molecule has 1 atom stereocenters. The van der Waals surface area contributed by atoms with Gasteiger partial charge in [0, 0.05) is 13.1 Å². The largest absolute Gasteiger partial charge is 0.383 e. The molecule has 1 aromatic heterocycles. The fraction of sp³-hybridized carbons (Fsp3) is 0.560. The molecule has 0 saturated carbocycles. The maximum atomic E-state index is 13.0. The van der Waals surface area contributed by atoms with Crippen LogP contribution in [0.3, 0.4) is 0 Å². The quantitative estimate of drug-likeness (QED) is 0.423. The Morgan fingerprint density at radius 2 is 1.82 bits per heavy atom. The van der Waals surface area contributed by atoms with Crippen molar-refractivity contribution >= 4 is 17.4 Å². The van der Waals surface area contributed by atoms with Crippen molar-refractivity contribution in [2.45, 2.75) is 79.3 Å². The van der Waals surface area contributed by atoms with Gasteiger partial charge in [-0.05, 0) is 50.3 Å². The smallest absolute Gasteiger partial charge is 0.330 e. The number of rotatable bonds is 12. The molecule has 1 aromatic carbocycles. The molecule has 0 fully saturated rings. The Bertz CT molecular complexity index is 1060. The van der Waals surface area contributed by atoms with Crippen LogP contribution < -0.4 is 27.2 Å². The first-order valence-electron chi connectivity index (χ1n) is 11.9. The predicted molar refractivity (Wildman–Crippen MR) is 135 cm³/mol. The fourth-order valence-electron chi connectivity index (χ4n) is 3.82. The van der Waals surface area contributed by atoms with Crippen LogP contribution in [0.25, 0.3) is 0 Å². The Labute approximate surface area is 196 Å². The fourth-order valence-corrected chi connectivity index (χ4v) is 3.82. The van der Waals surface area contributed by atoms with Crippen LogP contribution >= 0.6 is 0 Å². The second-order valence-corrected chi connectivity index (χ2v) is 8.76. The summed E-state index contributed by atoms with van der Waals surface area (Å²) in [7, 11) is 0. The number of anilines is 2. The van der Waals surface area contributed by atoms with Crippen molar-refractivity contribution in [3.8, 4) is 0 Å². The summed E-state index contributed by atoms with van der Waals surface area (Å²) in [5.41, 5.74) is 8.81. The molecule has 8 heteroatoms.